The molecule has 5 nitrogen and oxygen atoms in total. The van der Waals surface area contributed by atoms with E-state index in [2.05, 4.69) is 10.1 Å². The van der Waals surface area contributed by atoms with Gasteiger partial charge in [-0.1, -0.05) is 41.0 Å². The van der Waals surface area contributed by atoms with E-state index in [9.17, 15) is 18.0 Å². The number of hydrogen-bond acceptors (Lipinski definition) is 4. The summed E-state index contributed by atoms with van der Waals surface area (Å²) in [7, 11) is 0. The molecule has 1 aliphatic heterocycles. The average Bonchev–Trinajstić information content (AvgIpc) is 3.34. The van der Waals surface area contributed by atoms with E-state index in [1.165, 1.54) is 12.1 Å². The first-order valence-electron chi connectivity index (χ1n) is 9.33. The molecule has 1 amide bonds. The van der Waals surface area contributed by atoms with Gasteiger partial charge in [-0.2, -0.15) is 18.2 Å². The summed E-state index contributed by atoms with van der Waals surface area (Å²) in [6.45, 7) is 1.03. The van der Waals surface area contributed by atoms with Crippen LogP contribution < -0.4 is 0 Å². The first kappa shape index (κ1) is 20.4. The van der Waals surface area contributed by atoms with Crippen molar-refractivity contribution in [2.45, 2.75) is 24.9 Å². The first-order chi connectivity index (χ1) is 14.3. The molecule has 0 bridgehead atoms. The van der Waals surface area contributed by atoms with Crippen LogP contribution >= 0.6 is 11.6 Å². The van der Waals surface area contributed by atoms with Gasteiger partial charge >= 0.3 is 6.18 Å². The molecule has 0 N–H and O–H groups in total. The molecule has 1 aliphatic rings. The van der Waals surface area contributed by atoms with Crippen molar-refractivity contribution in [3.05, 3.63) is 70.6 Å². The second-order valence-electron chi connectivity index (χ2n) is 7.15. The molecule has 3 aromatic rings. The Bertz CT molecular complexity index is 1030. The van der Waals surface area contributed by atoms with Crippen molar-refractivity contribution in [3.8, 4) is 11.4 Å². The molecule has 1 aromatic heterocycles. The van der Waals surface area contributed by atoms with E-state index in [0.717, 1.165) is 17.7 Å². The SMILES string of the molecule is O=C1CC(c2nc(-c3ccc(C(F)(F)F)cc3)no2)CN1CCc1ccc(Cl)cc1. The Morgan fingerprint density at radius 3 is 2.47 bits per heavy atom. The van der Waals surface area contributed by atoms with Crippen molar-refractivity contribution in [1.82, 2.24) is 15.0 Å². The average molecular weight is 436 g/mol. The minimum absolute atomic E-state index is 0.00300. The molecule has 1 saturated heterocycles. The molecule has 1 fully saturated rings. The molecule has 0 spiro atoms. The number of alkyl halides is 3. The lowest BCUT2D eigenvalue weighted by atomic mass is 10.1. The standard InChI is InChI=1S/C21H17ClF3N3O2/c22-17-7-1-13(2-8-17)9-10-28-12-15(11-18(28)29)20-26-19(27-30-20)14-3-5-16(6-4-14)21(23,24)25/h1-8,15H,9-12H2. The highest BCUT2D eigenvalue weighted by atomic mass is 35.5. The summed E-state index contributed by atoms with van der Waals surface area (Å²) in [5.74, 6) is 0.277. The topological polar surface area (TPSA) is 59.2 Å². The Labute approximate surface area is 175 Å². The molecule has 30 heavy (non-hydrogen) atoms. The minimum atomic E-state index is -4.40. The van der Waals surface area contributed by atoms with Crippen LogP contribution in [0.15, 0.2) is 53.1 Å². The zero-order valence-corrected chi connectivity index (χ0v) is 16.5. The summed E-state index contributed by atoms with van der Waals surface area (Å²) in [6, 6.07) is 12.0. The number of carbonyl (C=O) groups excluding carboxylic acids is 1. The molecule has 2 aromatic carbocycles. The monoisotopic (exact) mass is 435 g/mol. The second-order valence-corrected chi connectivity index (χ2v) is 7.59. The third-order valence-electron chi connectivity index (χ3n) is 5.06. The second kappa shape index (κ2) is 8.10. The van der Waals surface area contributed by atoms with Crippen LogP contribution in [-0.4, -0.2) is 34.0 Å². The fraction of sp³-hybridized carbons (Fsp3) is 0.286. The number of likely N-dealkylation sites (tertiary alicyclic amines) is 1. The van der Waals surface area contributed by atoms with Gasteiger partial charge in [-0.15, -0.1) is 0 Å². The van der Waals surface area contributed by atoms with Gasteiger partial charge in [-0.25, -0.2) is 0 Å². The predicted octanol–water partition coefficient (Wildman–Crippen LogP) is 4.97. The fourth-order valence-corrected chi connectivity index (χ4v) is 3.52. The van der Waals surface area contributed by atoms with Gasteiger partial charge in [0, 0.05) is 30.1 Å². The molecule has 9 heteroatoms. The highest BCUT2D eigenvalue weighted by Crippen LogP contribution is 2.32. The lowest BCUT2D eigenvalue weighted by Crippen LogP contribution is -2.27. The molecular weight excluding hydrogens is 419 g/mol. The van der Waals surface area contributed by atoms with Gasteiger partial charge in [0.05, 0.1) is 11.5 Å². The maximum atomic E-state index is 12.7. The Hall–Kier alpha value is -2.87. The van der Waals surface area contributed by atoms with E-state index in [4.69, 9.17) is 16.1 Å². The summed E-state index contributed by atoms with van der Waals surface area (Å²) in [6.07, 6.45) is -3.44. The Balaban J connectivity index is 1.40. The summed E-state index contributed by atoms with van der Waals surface area (Å²) in [4.78, 5) is 18.4. The van der Waals surface area contributed by atoms with Gasteiger partial charge in [0.25, 0.3) is 0 Å². The summed E-state index contributed by atoms with van der Waals surface area (Å²) >= 11 is 5.89. The number of hydrogen-bond donors (Lipinski definition) is 0. The quantitative estimate of drug-likeness (QED) is 0.568. The van der Waals surface area contributed by atoms with E-state index >= 15 is 0 Å². The molecule has 156 valence electrons. The van der Waals surface area contributed by atoms with Gasteiger partial charge < -0.3 is 9.42 Å². The van der Waals surface area contributed by atoms with Crippen molar-refractivity contribution in [2.75, 3.05) is 13.1 Å². The third kappa shape index (κ3) is 4.48. The number of benzene rings is 2. The van der Waals surface area contributed by atoms with Crippen LogP contribution in [0.4, 0.5) is 13.2 Å². The number of halogens is 4. The van der Waals surface area contributed by atoms with Crippen LogP contribution in [0, 0.1) is 0 Å². The molecule has 1 unspecified atom stereocenters. The van der Waals surface area contributed by atoms with E-state index < -0.39 is 11.7 Å². The van der Waals surface area contributed by atoms with E-state index in [1.807, 2.05) is 24.3 Å². The van der Waals surface area contributed by atoms with Gasteiger partial charge in [-0.3, -0.25) is 4.79 Å². The Kier molecular flexibility index (Phi) is 5.51. The van der Waals surface area contributed by atoms with Crippen LogP contribution in [-0.2, 0) is 17.4 Å². The van der Waals surface area contributed by atoms with Gasteiger partial charge in [0.1, 0.15) is 0 Å². The maximum absolute atomic E-state index is 12.7. The first-order valence-corrected chi connectivity index (χ1v) is 9.71. The minimum Gasteiger partial charge on any atom is -0.342 e. The van der Waals surface area contributed by atoms with Crippen molar-refractivity contribution < 1.29 is 22.5 Å². The number of aromatic nitrogens is 2. The molecule has 0 radical (unpaired) electrons. The van der Waals surface area contributed by atoms with Crippen LogP contribution in [0.25, 0.3) is 11.4 Å². The summed E-state index contributed by atoms with van der Waals surface area (Å²) in [5.41, 5.74) is 0.757. The van der Waals surface area contributed by atoms with Gasteiger partial charge in [-0.05, 0) is 36.2 Å². The number of carbonyl (C=O) groups is 1. The molecule has 4 rings (SSSR count). The van der Waals surface area contributed by atoms with Crippen LogP contribution in [0.3, 0.4) is 0 Å². The maximum Gasteiger partial charge on any atom is 0.416 e. The van der Waals surface area contributed by atoms with Crippen molar-refractivity contribution >= 4 is 17.5 Å². The van der Waals surface area contributed by atoms with Gasteiger partial charge in [0.15, 0.2) is 0 Å². The molecule has 2 heterocycles. The predicted molar refractivity (Wildman–Crippen MR) is 104 cm³/mol. The molecule has 0 aliphatic carbocycles. The smallest absolute Gasteiger partial charge is 0.342 e. The highest BCUT2D eigenvalue weighted by molar-refractivity contribution is 6.30. The van der Waals surface area contributed by atoms with Gasteiger partial charge in [0.2, 0.25) is 17.6 Å². The van der Waals surface area contributed by atoms with Crippen molar-refractivity contribution in [3.63, 3.8) is 0 Å². The zero-order chi connectivity index (χ0) is 21.3. The Morgan fingerprint density at radius 2 is 1.80 bits per heavy atom. The Morgan fingerprint density at radius 1 is 1.10 bits per heavy atom. The fourth-order valence-electron chi connectivity index (χ4n) is 3.40. The van der Waals surface area contributed by atoms with Crippen molar-refractivity contribution in [1.29, 1.82) is 0 Å². The van der Waals surface area contributed by atoms with E-state index in [1.54, 1.807) is 4.90 Å². The zero-order valence-electron chi connectivity index (χ0n) is 15.7. The molecule has 0 saturated carbocycles. The lowest BCUT2D eigenvalue weighted by molar-refractivity contribution is -0.137. The normalized spacial score (nSPS) is 17.0. The highest BCUT2D eigenvalue weighted by Gasteiger charge is 2.34. The molecule has 1 atom stereocenters. The number of rotatable bonds is 5. The molecular formula is C21H17ClF3N3O2. The van der Waals surface area contributed by atoms with E-state index in [-0.39, 0.29) is 24.1 Å². The third-order valence-corrected chi connectivity index (χ3v) is 5.31. The lowest BCUT2D eigenvalue weighted by Gasteiger charge is -2.15. The van der Waals surface area contributed by atoms with Crippen molar-refractivity contribution in [2.24, 2.45) is 0 Å². The van der Waals surface area contributed by atoms with Crippen LogP contribution in [0.2, 0.25) is 5.02 Å². The van der Waals surface area contributed by atoms with Crippen LogP contribution in [0.1, 0.15) is 29.4 Å². The summed E-state index contributed by atoms with van der Waals surface area (Å²) < 4.78 is 43.4. The van der Waals surface area contributed by atoms with Crippen LogP contribution in [0.5, 0.6) is 0 Å². The largest absolute Gasteiger partial charge is 0.416 e. The summed E-state index contributed by atoms with van der Waals surface area (Å²) in [5, 5.41) is 4.53. The number of nitrogens with zero attached hydrogens (tertiary/aromatic N) is 3. The van der Waals surface area contributed by atoms with E-state index in [0.29, 0.717) is 36.0 Å². The number of amides is 1.